The van der Waals surface area contributed by atoms with Gasteiger partial charge in [0.15, 0.2) is 0 Å². The molecule has 3 rings (SSSR count). The van der Waals surface area contributed by atoms with E-state index in [1.807, 2.05) is 0 Å². The summed E-state index contributed by atoms with van der Waals surface area (Å²) in [5, 5.41) is 6.86. The lowest BCUT2D eigenvalue weighted by atomic mass is 10.0. The Labute approximate surface area is 116 Å². The molecule has 2 heterocycles. The van der Waals surface area contributed by atoms with Crippen molar-refractivity contribution >= 4 is 16.8 Å². The highest BCUT2D eigenvalue weighted by Crippen LogP contribution is 2.17. The number of amides is 1. The predicted molar refractivity (Wildman–Crippen MR) is 75.1 cm³/mol. The maximum atomic E-state index is 13.2. The average molecular weight is 273 g/mol. The van der Waals surface area contributed by atoms with Crippen LogP contribution in [0.5, 0.6) is 0 Å². The second-order valence-electron chi connectivity index (χ2n) is 5.19. The molecule has 2 aromatic rings. The molecule has 1 saturated heterocycles. The van der Waals surface area contributed by atoms with E-state index in [1.54, 1.807) is 19.1 Å². The molecule has 5 heteroatoms. The molecule has 0 unspecified atom stereocenters. The van der Waals surface area contributed by atoms with Gasteiger partial charge in [0, 0.05) is 37.0 Å². The van der Waals surface area contributed by atoms with Crippen LogP contribution in [0, 0.1) is 18.7 Å². The van der Waals surface area contributed by atoms with Crippen molar-refractivity contribution in [2.45, 2.75) is 6.92 Å². The second-order valence-corrected chi connectivity index (χ2v) is 5.19. The highest BCUT2D eigenvalue weighted by Gasteiger charge is 2.18. The molecule has 0 aliphatic carbocycles. The molecule has 0 radical (unpaired) electrons. The van der Waals surface area contributed by atoms with Gasteiger partial charge in [0.1, 0.15) is 5.82 Å². The SMILES string of the molecule is Cc1nc2cc(F)ccc2cc1C(=O)NCC1CNC1. The number of benzene rings is 1. The Morgan fingerprint density at radius 2 is 2.25 bits per heavy atom. The van der Waals surface area contributed by atoms with Crippen molar-refractivity contribution < 1.29 is 9.18 Å². The van der Waals surface area contributed by atoms with Gasteiger partial charge in [0.2, 0.25) is 0 Å². The molecule has 104 valence electrons. The number of halogens is 1. The minimum atomic E-state index is -0.320. The number of carbonyl (C=O) groups is 1. The Kier molecular flexibility index (Phi) is 3.36. The van der Waals surface area contributed by atoms with Crippen LogP contribution in [0.25, 0.3) is 10.9 Å². The Bertz CT molecular complexity index is 667. The van der Waals surface area contributed by atoms with E-state index in [0.717, 1.165) is 18.5 Å². The molecule has 1 aliphatic heterocycles. The Morgan fingerprint density at radius 1 is 1.45 bits per heavy atom. The normalized spacial score (nSPS) is 15.1. The number of hydrogen-bond acceptors (Lipinski definition) is 3. The number of aromatic nitrogens is 1. The molecule has 1 aliphatic rings. The molecule has 0 saturated carbocycles. The van der Waals surface area contributed by atoms with E-state index in [9.17, 15) is 9.18 Å². The molecule has 1 fully saturated rings. The number of fused-ring (bicyclic) bond motifs is 1. The predicted octanol–water partition coefficient (Wildman–Crippen LogP) is 1.63. The van der Waals surface area contributed by atoms with Crippen molar-refractivity contribution in [3.8, 4) is 0 Å². The first-order valence-electron chi connectivity index (χ1n) is 6.69. The van der Waals surface area contributed by atoms with Gasteiger partial charge < -0.3 is 10.6 Å². The van der Waals surface area contributed by atoms with E-state index in [0.29, 0.717) is 29.2 Å². The number of rotatable bonds is 3. The third-order valence-electron chi connectivity index (χ3n) is 3.63. The van der Waals surface area contributed by atoms with Crippen LogP contribution < -0.4 is 10.6 Å². The van der Waals surface area contributed by atoms with E-state index in [4.69, 9.17) is 0 Å². The van der Waals surface area contributed by atoms with E-state index in [1.165, 1.54) is 12.1 Å². The molecular weight excluding hydrogens is 257 g/mol. The van der Waals surface area contributed by atoms with Crippen LogP contribution in [-0.4, -0.2) is 30.5 Å². The van der Waals surface area contributed by atoms with Gasteiger partial charge in [-0.1, -0.05) is 0 Å². The lowest BCUT2D eigenvalue weighted by Gasteiger charge is -2.27. The Hall–Kier alpha value is -2.01. The Balaban J connectivity index is 1.84. The molecule has 0 bridgehead atoms. The van der Waals surface area contributed by atoms with Gasteiger partial charge in [0.05, 0.1) is 16.8 Å². The van der Waals surface area contributed by atoms with Crippen LogP contribution >= 0.6 is 0 Å². The fourth-order valence-electron chi connectivity index (χ4n) is 2.29. The zero-order valence-electron chi connectivity index (χ0n) is 11.2. The number of nitrogens with zero attached hydrogens (tertiary/aromatic N) is 1. The monoisotopic (exact) mass is 273 g/mol. The van der Waals surface area contributed by atoms with E-state index >= 15 is 0 Å². The summed E-state index contributed by atoms with van der Waals surface area (Å²) in [4.78, 5) is 16.5. The first-order chi connectivity index (χ1) is 9.63. The molecule has 1 amide bonds. The van der Waals surface area contributed by atoms with Crippen LogP contribution in [0.3, 0.4) is 0 Å². The maximum Gasteiger partial charge on any atom is 0.253 e. The average Bonchev–Trinajstić information content (AvgIpc) is 2.35. The maximum absolute atomic E-state index is 13.2. The fourth-order valence-corrected chi connectivity index (χ4v) is 2.29. The minimum absolute atomic E-state index is 0.117. The van der Waals surface area contributed by atoms with E-state index < -0.39 is 0 Å². The fraction of sp³-hybridized carbons (Fsp3) is 0.333. The Morgan fingerprint density at radius 3 is 2.95 bits per heavy atom. The minimum Gasteiger partial charge on any atom is -0.352 e. The van der Waals surface area contributed by atoms with Gasteiger partial charge in [0.25, 0.3) is 5.91 Å². The number of aryl methyl sites for hydroxylation is 1. The van der Waals surface area contributed by atoms with Crippen molar-refractivity contribution in [1.82, 2.24) is 15.6 Å². The molecule has 0 spiro atoms. The van der Waals surface area contributed by atoms with Gasteiger partial charge in [-0.15, -0.1) is 0 Å². The van der Waals surface area contributed by atoms with Gasteiger partial charge in [-0.2, -0.15) is 0 Å². The van der Waals surface area contributed by atoms with Crippen molar-refractivity contribution in [2.24, 2.45) is 5.92 Å². The van der Waals surface area contributed by atoms with Crippen LogP contribution in [0.1, 0.15) is 16.1 Å². The molecule has 1 aromatic carbocycles. The summed E-state index contributed by atoms with van der Waals surface area (Å²) in [5.41, 5.74) is 1.74. The first-order valence-corrected chi connectivity index (χ1v) is 6.69. The summed E-state index contributed by atoms with van der Waals surface area (Å²) in [6, 6.07) is 6.17. The number of carbonyl (C=O) groups excluding carboxylic acids is 1. The molecule has 1 aromatic heterocycles. The zero-order valence-corrected chi connectivity index (χ0v) is 11.2. The van der Waals surface area contributed by atoms with Crippen molar-refractivity contribution in [2.75, 3.05) is 19.6 Å². The summed E-state index contributed by atoms with van der Waals surface area (Å²) in [5.74, 6) is 0.0778. The van der Waals surface area contributed by atoms with Gasteiger partial charge in [-0.25, -0.2) is 4.39 Å². The van der Waals surface area contributed by atoms with E-state index in [2.05, 4.69) is 15.6 Å². The molecule has 0 atom stereocenters. The highest BCUT2D eigenvalue weighted by atomic mass is 19.1. The van der Waals surface area contributed by atoms with Crippen LogP contribution in [0.2, 0.25) is 0 Å². The van der Waals surface area contributed by atoms with Gasteiger partial charge in [-0.05, 0) is 25.1 Å². The number of nitrogens with one attached hydrogen (secondary N) is 2. The van der Waals surface area contributed by atoms with Crippen LogP contribution in [-0.2, 0) is 0 Å². The topological polar surface area (TPSA) is 54.0 Å². The summed E-state index contributed by atoms with van der Waals surface area (Å²) < 4.78 is 13.2. The van der Waals surface area contributed by atoms with Gasteiger partial charge in [-0.3, -0.25) is 9.78 Å². The van der Waals surface area contributed by atoms with Gasteiger partial charge >= 0.3 is 0 Å². The van der Waals surface area contributed by atoms with Crippen LogP contribution in [0.4, 0.5) is 4.39 Å². The van der Waals surface area contributed by atoms with Crippen LogP contribution in [0.15, 0.2) is 24.3 Å². The summed E-state index contributed by atoms with van der Waals surface area (Å²) in [6.45, 7) is 4.35. The van der Waals surface area contributed by atoms with E-state index in [-0.39, 0.29) is 11.7 Å². The molecule has 20 heavy (non-hydrogen) atoms. The van der Waals surface area contributed by atoms with Crippen molar-refractivity contribution in [3.63, 3.8) is 0 Å². The quantitative estimate of drug-likeness (QED) is 0.893. The largest absolute Gasteiger partial charge is 0.352 e. The first kappa shape index (κ1) is 13.0. The standard InChI is InChI=1S/C15H16FN3O/c1-9-13(15(20)18-8-10-6-17-7-10)4-11-2-3-12(16)5-14(11)19-9/h2-5,10,17H,6-8H2,1H3,(H,18,20). The zero-order chi connectivity index (χ0) is 14.1. The number of pyridine rings is 1. The highest BCUT2D eigenvalue weighted by molar-refractivity contribution is 5.98. The third-order valence-corrected chi connectivity index (χ3v) is 3.63. The van der Waals surface area contributed by atoms with Crippen molar-refractivity contribution in [3.05, 3.63) is 41.3 Å². The summed E-state index contributed by atoms with van der Waals surface area (Å²) in [7, 11) is 0. The smallest absolute Gasteiger partial charge is 0.253 e. The lowest BCUT2D eigenvalue weighted by molar-refractivity contribution is 0.0941. The molecule has 2 N–H and O–H groups in total. The second kappa shape index (κ2) is 5.17. The molecule has 4 nitrogen and oxygen atoms in total. The van der Waals surface area contributed by atoms with Crippen molar-refractivity contribution in [1.29, 1.82) is 0 Å². The third kappa shape index (κ3) is 2.49. The number of hydrogen-bond donors (Lipinski definition) is 2. The lowest BCUT2D eigenvalue weighted by Crippen LogP contribution is -2.48. The summed E-state index contributed by atoms with van der Waals surface area (Å²) >= 11 is 0. The molecular formula is C15H16FN3O. The summed E-state index contributed by atoms with van der Waals surface area (Å²) in [6.07, 6.45) is 0.